The van der Waals surface area contributed by atoms with E-state index in [1.54, 1.807) is 6.20 Å². The second kappa shape index (κ2) is 7.77. The highest BCUT2D eigenvalue weighted by Crippen LogP contribution is 2.18. The molecule has 0 bridgehead atoms. The molecule has 21 heavy (non-hydrogen) atoms. The van der Waals surface area contributed by atoms with Crippen LogP contribution < -0.4 is 16.6 Å². The maximum atomic E-state index is 12.1. The summed E-state index contributed by atoms with van der Waals surface area (Å²) in [5, 5.41) is 7.46. The zero-order valence-electron chi connectivity index (χ0n) is 13.3. The van der Waals surface area contributed by atoms with Gasteiger partial charge in [-0.3, -0.25) is 4.79 Å². The molecule has 0 radical (unpaired) electrons. The first-order valence-electron chi connectivity index (χ1n) is 7.26. The SMILES string of the molecule is CCC(N)(CC)CNc1cnn(CCN(C)C)c(=O)c1Cl. The summed E-state index contributed by atoms with van der Waals surface area (Å²) >= 11 is 6.14. The Morgan fingerprint density at radius 3 is 2.57 bits per heavy atom. The summed E-state index contributed by atoms with van der Waals surface area (Å²) in [5.41, 5.74) is 6.19. The van der Waals surface area contributed by atoms with E-state index in [4.69, 9.17) is 17.3 Å². The Morgan fingerprint density at radius 1 is 1.43 bits per heavy atom. The van der Waals surface area contributed by atoms with Gasteiger partial charge < -0.3 is 16.0 Å². The van der Waals surface area contributed by atoms with Gasteiger partial charge >= 0.3 is 0 Å². The number of hydrogen-bond acceptors (Lipinski definition) is 5. The fraction of sp³-hybridized carbons (Fsp3) is 0.714. The molecule has 0 fully saturated rings. The zero-order chi connectivity index (χ0) is 16.0. The van der Waals surface area contributed by atoms with Crippen molar-refractivity contribution in [2.75, 3.05) is 32.5 Å². The predicted octanol–water partition coefficient (Wildman–Crippen LogP) is 1.39. The number of nitrogens with two attached hydrogens (primary N) is 1. The van der Waals surface area contributed by atoms with Gasteiger partial charge in [0.15, 0.2) is 0 Å². The Labute approximate surface area is 131 Å². The van der Waals surface area contributed by atoms with Crippen LogP contribution in [0.5, 0.6) is 0 Å². The van der Waals surface area contributed by atoms with E-state index in [0.29, 0.717) is 18.8 Å². The van der Waals surface area contributed by atoms with Gasteiger partial charge in [0.25, 0.3) is 5.56 Å². The van der Waals surface area contributed by atoms with Gasteiger partial charge in [0.05, 0.1) is 18.4 Å². The molecule has 0 atom stereocenters. The Bertz CT molecular complexity index is 511. The van der Waals surface area contributed by atoms with E-state index in [1.807, 2.05) is 32.8 Å². The zero-order valence-corrected chi connectivity index (χ0v) is 14.1. The lowest BCUT2D eigenvalue weighted by Gasteiger charge is -2.27. The quantitative estimate of drug-likeness (QED) is 0.758. The average molecular weight is 316 g/mol. The highest BCUT2D eigenvalue weighted by atomic mass is 35.5. The summed E-state index contributed by atoms with van der Waals surface area (Å²) in [4.78, 5) is 14.1. The summed E-state index contributed by atoms with van der Waals surface area (Å²) < 4.78 is 1.38. The van der Waals surface area contributed by atoms with Crippen LogP contribution in [0, 0.1) is 0 Å². The van der Waals surface area contributed by atoms with E-state index in [9.17, 15) is 4.79 Å². The first-order chi connectivity index (χ1) is 9.83. The van der Waals surface area contributed by atoms with Crippen molar-refractivity contribution in [1.29, 1.82) is 0 Å². The summed E-state index contributed by atoms with van der Waals surface area (Å²) in [6.07, 6.45) is 3.29. The number of nitrogens with zero attached hydrogens (tertiary/aromatic N) is 3. The molecule has 0 aliphatic heterocycles. The largest absolute Gasteiger partial charge is 0.381 e. The van der Waals surface area contributed by atoms with Crippen LogP contribution in [0.1, 0.15) is 26.7 Å². The molecular weight excluding hydrogens is 290 g/mol. The molecule has 0 spiro atoms. The molecule has 0 saturated heterocycles. The molecule has 0 aromatic carbocycles. The summed E-state index contributed by atoms with van der Waals surface area (Å²) in [6.45, 7) is 5.89. The van der Waals surface area contributed by atoms with Crippen LogP contribution in [0.2, 0.25) is 5.02 Å². The molecule has 1 heterocycles. The van der Waals surface area contributed by atoms with E-state index in [1.165, 1.54) is 4.68 Å². The lowest BCUT2D eigenvalue weighted by atomic mass is 9.94. The lowest BCUT2D eigenvalue weighted by molar-refractivity contribution is 0.367. The van der Waals surface area contributed by atoms with E-state index in [0.717, 1.165) is 19.4 Å². The van der Waals surface area contributed by atoms with Crippen molar-refractivity contribution in [2.45, 2.75) is 38.8 Å². The van der Waals surface area contributed by atoms with Crippen molar-refractivity contribution in [3.8, 4) is 0 Å². The minimum Gasteiger partial charge on any atom is -0.381 e. The molecule has 0 unspecified atom stereocenters. The Kier molecular flexibility index (Phi) is 6.64. The smallest absolute Gasteiger partial charge is 0.287 e. The van der Waals surface area contributed by atoms with Gasteiger partial charge in [-0.15, -0.1) is 0 Å². The second-order valence-corrected chi connectivity index (χ2v) is 6.00. The third-order valence-corrected chi connectivity index (χ3v) is 4.15. The number of aromatic nitrogens is 2. The lowest BCUT2D eigenvalue weighted by Crippen LogP contribution is -2.45. The van der Waals surface area contributed by atoms with Gasteiger partial charge in [0.2, 0.25) is 0 Å². The fourth-order valence-corrected chi connectivity index (χ4v) is 2.03. The molecule has 0 amide bonds. The molecule has 120 valence electrons. The number of rotatable bonds is 8. The standard InChI is InChI=1S/C14H26ClN5O/c1-5-14(16,6-2)10-17-11-9-18-20(8-7-19(3)4)13(21)12(11)15/h9,17H,5-8,10,16H2,1-4H3. The van der Waals surface area contributed by atoms with Crippen molar-refractivity contribution in [2.24, 2.45) is 5.73 Å². The monoisotopic (exact) mass is 315 g/mol. The molecule has 1 rings (SSSR count). The van der Waals surface area contributed by atoms with Crippen LogP contribution >= 0.6 is 11.6 Å². The Hall–Kier alpha value is -1.11. The van der Waals surface area contributed by atoms with Crippen molar-refractivity contribution < 1.29 is 0 Å². The van der Waals surface area contributed by atoms with Crippen LogP contribution in [0.4, 0.5) is 5.69 Å². The Morgan fingerprint density at radius 2 is 2.05 bits per heavy atom. The maximum Gasteiger partial charge on any atom is 0.287 e. The van der Waals surface area contributed by atoms with Gasteiger partial charge in [0, 0.05) is 18.6 Å². The number of halogens is 1. The molecule has 0 aliphatic rings. The van der Waals surface area contributed by atoms with Crippen LogP contribution in [0.15, 0.2) is 11.0 Å². The maximum absolute atomic E-state index is 12.1. The van der Waals surface area contributed by atoms with E-state index in [2.05, 4.69) is 10.4 Å². The molecule has 1 aromatic heterocycles. The van der Waals surface area contributed by atoms with Crippen molar-refractivity contribution in [3.63, 3.8) is 0 Å². The average Bonchev–Trinajstić information content (AvgIpc) is 2.47. The number of nitrogens with one attached hydrogen (secondary N) is 1. The molecule has 0 saturated carbocycles. The third kappa shape index (κ3) is 4.98. The predicted molar refractivity (Wildman–Crippen MR) is 88.1 cm³/mol. The minimum atomic E-state index is -0.302. The molecule has 7 heteroatoms. The first kappa shape index (κ1) is 17.9. The van der Waals surface area contributed by atoms with E-state index < -0.39 is 0 Å². The van der Waals surface area contributed by atoms with Gasteiger partial charge in [-0.25, -0.2) is 4.68 Å². The van der Waals surface area contributed by atoms with Crippen molar-refractivity contribution >= 4 is 17.3 Å². The molecule has 0 aliphatic carbocycles. The van der Waals surface area contributed by atoms with Crippen molar-refractivity contribution in [1.82, 2.24) is 14.7 Å². The first-order valence-corrected chi connectivity index (χ1v) is 7.64. The van der Waals surface area contributed by atoms with Gasteiger partial charge in [0.1, 0.15) is 5.02 Å². The third-order valence-electron chi connectivity index (χ3n) is 3.78. The van der Waals surface area contributed by atoms with Crippen molar-refractivity contribution in [3.05, 3.63) is 21.6 Å². The minimum absolute atomic E-state index is 0.165. The highest BCUT2D eigenvalue weighted by molar-refractivity contribution is 6.32. The van der Waals surface area contributed by atoms with Crippen LogP contribution in [-0.2, 0) is 6.54 Å². The summed E-state index contributed by atoms with van der Waals surface area (Å²) in [5.74, 6) is 0. The fourth-order valence-electron chi connectivity index (χ4n) is 1.81. The van der Waals surface area contributed by atoms with Crippen LogP contribution in [0.3, 0.4) is 0 Å². The second-order valence-electron chi connectivity index (χ2n) is 5.63. The molecule has 6 nitrogen and oxygen atoms in total. The highest BCUT2D eigenvalue weighted by Gasteiger charge is 2.20. The Balaban J connectivity index is 2.82. The summed E-state index contributed by atoms with van der Waals surface area (Å²) in [7, 11) is 3.89. The summed E-state index contributed by atoms with van der Waals surface area (Å²) in [6, 6.07) is 0. The molecular formula is C14H26ClN5O. The van der Waals surface area contributed by atoms with Crippen LogP contribution in [-0.4, -0.2) is 47.4 Å². The van der Waals surface area contributed by atoms with E-state index in [-0.39, 0.29) is 16.1 Å². The van der Waals surface area contributed by atoms with Gasteiger partial charge in [-0.05, 0) is 26.9 Å². The number of hydrogen-bond donors (Lipinski definition) is 2. The van der Waals surface area contributed by atoms with Gasteiger partial charge in [-0.2, -0.15) is 5.10 Å². The van der Waals surface area contributed by atoms with Gasteiger partial charge in [-0.1, -0.05) is 25.4 Å². The number of likely N-dealkylation sites (N-methyl/N-ethyl adjacent to an activating group) is 1. The molecule has 3 N–H and O–H groups in total. The van der Waals surface area contributed by atoms with E-state index >= 15 is 0 Å². The topological polar surface area (TPSA) is 76.2 Å². The molecule has 1 aromatic rings. The number of anilines is 1. The van der Waals surface area contributed by atoms with Crippen LogP contribution in [0.25, 0.3) is 0 Å². The normalized spacial score (nSPS) is 12.0.